The summed E-state index contributed by atoms with van der Waals surface area (Å²) in [4.78, 5) is 12.2. The van der Waals surface area contributed by atoms with E-state index in [1.54, 1.807) is 23.1 Å². The van der Waals surface area contributed by atoms with Crippen LogP contribution in [-0.4, -0.2) is 15.0 Å². The summed E-state index contributed by atoms with van der Waals surface area (Å²) in [5.74, 6) is 1.75. The lowest BCUT2D eigenvalue weighted by Gasteiger charge is -1.92. The van der Waals surface area contributed by atoms with E-state index in [1.165, 1.54) is 0 Å². The Morgan fingerprint density at radius 3 is 3.06 bits per heavy atom. The van der Waals surface area contributed by atoms with Gasteiger partial charge in [-0.25, -0.2) is 9.97 Å². The number of nitrogens with two attached hydrogens (primary N) is 1. The molecule has 3 N–H and O–H groups in total. The van der Waals surface area contributed by atoms with E-state index in [0.29, 0.717) is 0 Å². The van der Waals surface area contributed by atoms with E-state index in [2.05, 4.69) is 20.3 Å². The Morgan fingerprint density at radius 1 is 1.39 bits per heavy atom. The van der Waals surface area contributed by atoms with Crippen LogP contribution in [0.25, 0.3) is 11.0 Å². The maximum Gasteiger partial charge on any atom is 0.150 e. The van der Waals surface area contributed by atoms with Crippen LogP contribution in [-0.2, 0) is 5.75 Å². The van der Waals surface area contributed by atoms with Crippen LogP contribution in [0.5, 0.6) is 0 Å². The molecule has 0 saturated carbocycles. The molecule has 6 heteroatoms. The largest absolute Gasteiger partial charge is 0.399 e. The number of anilines is 1. The first-order valence-electron chi connectivity index (χ1n) is 5.50. The Morgan fingerprint density at radius 2 is 2.28 bits per heavy atom. The number of imidazole rings is 1. The molecule has 0 radical (unpaired) electrons. The minimum Gasteiger partial charge on any atom is -0.399 e. The number of nitrogens with one attached hydrogen (secondary N) is 1. The van der Waals surface area contributed by atoms with Crippen molar-refractivity contribution in [1.82, 2.24) is 15.0 Å². The Bertz CT molecular complexity index is 686. The maximum absolute atomic E-state index is 5.74. The molecule has 3 rings (SSSR count). The minimum atomic E-state index is 0.751. The third-order valence-electron chi connectivity index (χ3n) is 2.49. The standard InChI is InChI=1S/C12H12N4S2/c1-7-5-17-12(14-7)18-6-11-15-9-3-2-8(13)4-10(9)16-11/h2-5H,6,13H2,1H3,(H,15,16). The number of thioether (sulfide) groups is 1. The van der Waals surface area contributed by atoms with Crippen LogP contribution in [0.1, 0.15) is 11.5 Å². The zero-order valence-electron chi connectivity index (χ0n) is 9.80. The molecule has 0 fully saturated rings. The summed E-state index contributed by atoms with van der Waals surface area (Å²) >= 11 is 3.36. The molecule has 0 atom stereocenters. The number of aryl methyl sites for hydroxylation is 1. The molecule has 1 aromatic carbocycles. The summed E-state index contributed by atoms with van der Waals surface area (Å²) in [7, 11) is 0. The number of hydrogen-bond donors (Lipinski definition) is 2. The van der Waals surface area contributed by atoms with E-state index >= 15 is 0 Å². The minimum absolute atomic E-state index is 0.751. The predicted octanol–water partition coefficient (Wildman–Crippen LogP) is 3.20. The van der Waals surface area contributed by atoms with Crippen molar-refractivity contribution in [3.05, 3.63) is 35.1 Å². The van der Waals surface area contributed by atoms with Gasteiger partial charge in [-0.05, 0) is 25.1 Å². The number of nitrogen functional groups attached to an aromatic ring is 1. The Kier molecular flexibility index (Phi) is 2.97. The molecule has 0 bridgehead atoms. The number of hydrogen-bond acceptors (Lipinski definition) is 5. The number of benzene rings is 1. The monoisotopic (exact) mass is 276 g/mol. The summed E-state index contributed by atoms with van der Waals surface area (Å²) in [6.07, 6.45) is 0. The van der Waals surface area contributed by atoms with E-state index in [0.717, 1.165) is 38.3 Å². The fourth-order valence-electron chi connectivity index (χ4n) is 1.68. The molecular weight excluding hydrogens is 264 g/mol. The van der Waals surface area contributed by atoms with Gasteiger partial charge in [0.15, 0.2) is 4.34 Å². The summed E-state index contributed by atoms with van der Waals surface area (Å²) in [5.41, 5.74) is 9.50. The highest BCUT2D eigenvalue weighted by atomic mass is 32.2. The zero-order chi connectivity index (χ0) is 12.5. The van der Waals surface area contributed by atoms with Gasteiger partial charge in [-0.3, -0.25) is 0 Å². The number of thiazole rings is 1. The quantitative estimate of drug-likeness (QED) is 0.569. The molecule has 0 aliphatic heterocycles. The SMILES string of the molecule is Cc1csc(SCc2nc3ccc(N)cc3[nH]2)n1. The summed E-state index contributed by atoms with van der Waals surface area (Å²) in [5, 5.41) is 2.06. The van der Waals surface area contributed by atoms with Gasteiger partial charge in [-0.2, -0.15) is 0 Å². The van der Waals surface area contributed by atoms with Gasteiger partial charge >= 0.3 is 0 Å². The van der Waals surface area contributed by atoms with Crippen molar-refractivity contribution in [2.45, 2.75) is 17.0 Å². The average molecular weight is 276 g/mol. The Labute approximate surface area is 113 Å². The highest BCUT2D eigenvalue weighted by molar-refractivity contribution is 8.00. The second kappa shape index (κ2) is 4.62. The molecule has 0 spiro atoms. The van der Waals surface area contributed by atoms with Crippen molar-refractivity contribution >= 4 is 39.8 Å². The molecule has 0 saturated heterocycles. The van der Waals surface area contributed by atoms with Gasteiger partial charge < -0.3 is 10.7 Å². The third kappa shape index (κ3) is 2.34. The first-order valence-corrected chi connectivity index (χ1v) is 7.36. The zero-order valence-corrected chi connectivity index (χ0v) is 11.4. The topological polar surface area (TPSA) is 67.6 Å². The van der Waals surface area contributed by atoms with E-state index in [9.17, 15) is 0 Å². The highest BCUT2D eigenvalue weighted by Gasteiger charge is 2.05. The fraction of sp³-hybridized carbons (Fsp3) is 0.167. The molecule has 3 aromatic rings. The number of nitrogens with zero attached hydrogens (tertiary/aromatic N) is 2. The number of aromatic amines is 1. The highest BCUT2D eigenvalue weighted by Crippen LogP contribution is 2.26. The summed E-state index contributed by atoms with van der Waals surface area (Å²) in [6, 6.07) is 5.71. The second-order valence-electron chi connectivity index (χ2n) is 4.00. The molecule has 0 unspecified atom stereocenters. The summed E-state index contributed by atoms with van der Waals surface area (Å²) < 4.78 is 1.08. The van der Waals surface area contributed by atoms with Gasteiger partial charge in [0.25, 0.3) is 0 Å². The van der Waals surface area contributed by atoms with Crippen molar-refractivity contribution < 1.29 is 0 Å². The third-order valence-corrected chi connectivity index (χ3v) is 4.64. The Hall–Kier alpha value is -1.53. The number of fused-ring (bicyclic) bond motifs is 1. The van der Waals surface area contributed by atoms with Crippen LogP contribution in [0.15, 0.2) is 27.9 Å². The average Bonchev–Trinajstić information content (AvgIpc) is 2.92. The lowest BCUT2D eigenvalue weighted by molar-refractivity contribution is 1.12. The molecule has 0 aliphatic rings. The second-order valence-corrected chi connectivity index (χ2v) is 6.08. The Balaban J connectivity index is 1.78. The van der Waals surface area contributed by atoms with Crippen molar-refractivity contribution in [1.29, 1.82) is 0 Å². The fourth-order valence-corrected chi connectivity index (χ4v) is 3.40. The van der Waals surface area contributed by atoms with E-state index < -0.39 is 0 Å². The van der Waals surface area contributed by atoms with Gasteiger partial charge in [-0.1, -0.05) is 11.8 Å². The normalized spacial score (nSPS) is 11.2. The summed E-state index contributed by atoms with van der Waals surface area (Å²) in [6.45, 7) is 2.00. The maximum atomic E-state index is 5.74. The first kappa shape index (κ1) is 11.6. The van der Waals surface area contributed by atoms with Gasteiger partial charge in [0, 0.05) is 16.8 Å². The molecule has 18 heavy (non-hydrogen) atoms. The van der Waals surface area contributed by atoms with Gasteiger partial charge in [0.1, 0.15) is 5.82 Å². The van der Waals surface area contributed by atoms with Crippen LogP contribution in [0, 0.1) is 6.92 Å². The van der Waals surface area contributed by atoms with Crippen LogP contribution in [0.2, 0.25) is 0 Å². The van der Waals surface area contributed by atoms with Gasteiger partial charge in [0.05, 0.1) is 16.8 Å². The lowest BCUT2D eigenvalue weighted by Crippen LogP contribution is -1.83. The molecule has 2 heterocycles. The van der Waals surface area contributed by atoms with Crippen molar-refractivity contribution in [2.75, 3.05) is 5.73 Å². The number of H-pyrrole nitrogens is 1. The van der Waals surface area contributed by atoms with Crippen molar-refractivity contribution in [3.63, 3.8) is 0 Å². The molecule has 4 nitrogen and oxygen atoms in total. The van der Waals surface area contributed by atoms with Crippen molar-refractivity contribution in [2.24, 2.45) is 0 Å². The predicted molar refractivity (Wildman–Crippen MR) is 76.9 cm³/mol. The molecule has 92 valence electrons. The van der Waals surface area contributed by atoms with E-state index in [4.69, 9.17) is 5.73 Å². The van der Waals surface area contributed by atoms with Crippen LogP contribution >= 0.6 is 23.1 Å². The lowest BCUT2D eigenvalue weighted by atomic mass is 10.3. The van der Waals surface area contributed by atoms with Gasteiger partial charge in [0.2, 0.25) is 0 Å². The first-order chi connectivity index (χ1) is 8.70. The van der Waals surface area contributed by atoms with Crippen LogP contribution in [0.3, 0.4) is 0 Å². The van der Waals surface area contributed by atoms with E-state index in [1.807, 2.05) is 25.1 Å². The molecule has 0 aliphatic carbocycles. The van der Waals surface area contributed by atoms with Crippen LogP contribution < -0.4 is 5.73 Å². The number of rotatable bonds is 3. The molecular formula is C12H12N4S2. The van der Waals surface area contributed by atoms with E-state index in [-0.39, 0.29) is 0 Å². The smallest absolute Gasteiger partial charge is 0.150 e. The molecule has 0 amide bonds. The molecule has 2 aromatic heterocycles. The van der Waals surface area contributed by atoms with Crippen molar-refractivity contribution in [3.8, 4) is 0 Å². The van der Waals surface area contributed by atoms with Gasteiger partial charge in [-0.15, -0.1) is 11.3 Å². The van der Waals surface area contributed by atoms with Crippen LogP contribution in [0.4, 0.5) is 5.69 Å². The number of aromatic nitrogens is 3.